The average Bonchev–Trinajstić information content (AvgIpc) is 3.65. The zero-order chi connectivity index (χ0) is 31.4. The Morgan fingerprint density at radius 2 is 1.19 bits per heavy atom. The molecular weight excluding hydrogens is 705 g/mol. The monoisotopic (exact) mass is 723 g/mol. The SMILES string of the molecule is O=S(=O)(O)c1cc(-n2ccnn2)ccc1C=Cc1ccc(-n2nc3ccc4c(S(=O)(=O)O)cccc4c3n2)cc1S(=O)(=O)O.[Na].[Na].[Na]. The van der Waals surface area contributed by atoms with E-state index in [1.54, 1.807) is 6.07 Å². The topological polar surface area (TPSA) is 225 Å². The van der Waals surface area contributed by atoms with E-state index in [9.17, 15) is 38.9 Å². The van der Waals surface area contributed by atoms with Gasteiger partial charge in [0, 0.05) is 99.4 Å². The van der Waals surface area contributed by atoms with E-state index in [-0.39, 0.29) is 127 Å². The van der Waals surface area contributed by atoms with Crippen LogP contribution in [0.25, 0.3) is 45.3 Å². The number of rotatable bonds is 7. The molecular formula is C26H18N6Na3O9S3. The van der Waals surface area contributed by atoms with Crippen LogP contribution in [0.3, 0.4) is 0 Å². The van der Waals surface area contributed by atoms with Crippen molar-refractivity contribution in [1.82, 2.24) is 30.0 Å². The second-order valence-corrected chi connectivity index (χ2v) is 13.5. The van der Waals surface area contributed by atoms with Gasteiger partial charge in [-0.05, 0) is 47.5 Å². The minimum absolute atomic E-state index is 0. The minimum atomic E-state index is -4.83. The predicted molar refractivity (Wildman–Crippen MR) is 173 cm³/mol. The van der Waals surface area contributed by atoms with E-state index < -0.39 is 40.1 Å². The first kappa shape index (κ1) is 39.6. The van der Waals surface area contributed by atoms with Gasteiger partial charge in [-0.3, -0.25) is 13.7 Å². The van der Waals surface area contributed by atoms with Crippen LogP contribution in [-0.2, 0) is 30.4 Å². The number of benzene rings is 4. The van der Waals surface area contributed by atoms with Crippen molar-refractivity contribution in [3.05, 3.63) is 90.3 Å². The van der Waals surface area contributed by atoms with E-state index in [0.29, 0.717) is 10.9 Å². The summed E-state index contributed by atoms with van der Waals surface area (Å²) >= 11 is 0. The Bertz CT molecular complexity index is 2490. The van der Waals surface area contributed by atoms with Crippen LogP contribution in [-0.4, -0.2) is 158 Å². The molecule has 47 heavy (non-hydrogen) atoms. The fourth-order valence-corrected chi connectivity index (χ4v) is 6.72. The second kappa shape index (κ2) is 15.0. The van der Waals surface area contributed by atoms with E-state index in [1.165, 1.54) is 77.8 Å². The van der Waals surface area contributed by atoms with Crippen LogP contribution in [0.4, 0.5) is 0 Å². The Labute approximate surface area is 334 Å². The van der Waals surface area contributed by atoms with Gasteiger partial charge in [0.2, 0.25) is 0 Å². The van der Waals surface area contributed by atoms with Gasteiger partial charge >= 0.3 is 0 Å². The zero-order valence-electron chi connectivity index (χ0n) is 24.9. The molecule has 0 saturated heterocycles. The summed E-state index contributed by atoms with van der Waals surface area (Å²) in [6.45, 7) is 0. The van der Waals surface area contributed by atoms with Gasteiger partial charge in [-0.2, -0.15) is 30.0 Å². The number of hydrogen-bond donors (Lipinski definition) is 3. The van der Waals surface area contributed by atoms with Crippen molar-refractivity contribution in [1.29, 1.82) is 0 Å². The Hall–Kier alpha value is -1.85. The third kappa shape index (κ3) is 8.31. The van der Waals surface area contributed by atoms with E-state index in [0.717, 1.165) is 16.9 Å². The Balaban J connectivity index is 0.00000200. The summed E-state index contributed by atoms with van der Waals surface area (Å²) < 4.78 is 103. The van der Waals surface area contributed by atoms with Crippen molar-refractivity contribution in [2.75, 3.05) is 0 Å². The molecule has 2 heterocycles. The molecule has 3 radical (unpaired) electrons. The maximum atomic E-state index is 12.4. The van der Waals surface area contributed by atoms with Gasteiger partial charge in [-0.25, -0.2) is 4.68 Å². The molecule has 6 aromatic rings. The van der Waals surface area contributed by atoms with Gasteiger partial charge in [0.05, 0.1) is 23.8 Å². The van der Waals surface area contributed by atoms with Crippen molar-refractivity contribution < 1.29 is 38.9 Å². The quantitative estimate of drug-likeness (QED) is 0.122. The van der Waals surface area contributed by atoms with Crippen LogP contribution in [0.1, 0.15) is 11.1 Å². The molecule has 3 N–H and O–H groups in total. The number of fused-ring (bicyclic) bond motifs is 3. The first-order valence-corrected chi connectivity index (χ1v) is 16.6. The number of aromatic nitrogens is 6. The molecule has 0 atom stereocenters. The van der Waals surface area contributed by atoms with Gasteiger partial charge < -0.3 is 0 Å². The Morgan fingerprint density at radius 3 is 1.74 bits per heavy atom. The first-order chi connectivity index (χ1) is 20.7. The maximum absolute atomic E-state index is 12.4. The normalized spacial score (nSPS) is 12.1. The molecule has 0 aliphatic carbocycles. The van der Waals surface area contributed by atoms with Crippen molar-refractivity contribution >= 4 is 153 Å². The average molecular weight is 724 g/mol. The third-order valence-corrected chi connectivity index (χ3v) is 9.29. The molecule has 2 aromatic heterocycles. The number of nitrogens with zero attached hydrogens (tertiary/aromatic N) is 6. The largest absolute Gasteiger partial charge is 0.295 e. The molecule has 0 amide bonds. The van der Waals surface area contributed by atoms with Crippen molar-refractivity contribution in [2.24, 2.45) is 0 Å². The minimum Gasteiger partial charge on any atom is -0.282 e. The molecule has 0 aliphatic rings. The third-order valence-electron chi connectivity index (χ3n) is 6.56. The Kier molecular flexibility index (Phi) is 12.6. The fourth-order valence-electron chi connectivity index (χ4n) is 4.61. The molecule has 6 rings (SSSR count). The predicted octanol–water partition coefficient (Wildman–Crippen LogP) is 1.92. The smallest absolute Gasteiger partial charge is 0.282 e. The van der Waals surface area contributed by atoms with Crippen LogP contribution >= 0.6 is 0 Å². The van der Waals surface area contributed by atoms with Crippen molar-refractivity contribution in [3.63, 3.8) is 0 Å². The van der Waals surface area contributed by atoms with Crippen LogP contribution in [0.15, 0.2) is 93.8 Å². The molecule has 0 bridgehead atoms. The molecule has 0 unspecified atom stereocenters. The van der Waals surface area contributed by atoms with Crippen LogP contribution in [0.5, 0.6) is 0 Å². The molecule has 0 spiro atoms. The maximum Gasteiger partial charge on any atom is 0.295 e. The molecule has 21 heteroatoms. The van der Waals surface area contributed by atoms with Gasteiger partial charge in [-0.15, -0.1) is 15.3 Å². The summed E-state index contributed by atoms with van der Waals surface area (Å²) in [4.78, 5) is -0.269. The second-order valence-electron chi connectivity index (χ2n) is 9.32. The summed E-state index contributed by atoms with van der Waals surface area (Å²) in [5.41, 5.74) is 0.972. The van der Waals surface area contributed by atoms with E-state index >= 15 is 0 Å². The van der Waals surface area contributed by atoms with Gasteiger partial charge in [-0.1, -0.05) is 47.7 Å². The summed E-state index contributed by atoms with van der Waals surface area (Å²) in [6.07, 6.45) is 5.33. The van der Waals surface area contributed by atoms with Gasteiger partial charge in [0.15, 0.2) is 0 Å². The van der Waals surface area contributed by atoms with Crippen LogP contribution in [0, 0.1) is 0 Å². The number of hydrogen-bond acceptors (Lipinski definition) is 10. The molecule has 15 nitrogen and oxygen atoms in total. The van der Waals surface area contributed by atoms with Crippen molar-refractivity contribution in [3.8, 4) is 11.4 Å². The van der Waals surface area contributed by atoms with Gasteiger partial charge in [0.25, 0.3) is 30.4 Å². The van der Waals surface area contributed by atoms with E-state index in [4.69, 9.17) is 0 Å². The van der Waals surface area contributed by atoms with Crippen LogP contribution in [0.2, 0.25) is 0 Å². The molecule has 0 aliphatic heterocycles. The van der Waals surface area contributed by atoms with Gasteiger partial charge in [0.1, 0.15) is 25.7 Å². The summed E-state index contributed by atoms with van der Waals surface area (Å²) in [5, 5.41) is 16.7. The summed E-state index contributed by atoms with van der Waals surface area (Å²) in [7, 11) is -14.1. The molecule has 227 valence electrons. The van der Waals surface area contributed by atoms with Crippen LogP contribution < -0.4 is 0 Å². The molecule has 0 saturated carbocycles. The Morgan fingerprint density at radius 1 is 0.617 bits per heavy atom. The summed E-state index contributed by atoms with van der Waals surface area (Å²) in [5.74, 6) is 0. The van der Waals surface area contributed by atoms with E-state index in [2.05, 4.69) is 20.5 Å². The summed E-state index contributed by atoms with van der Waals surface area (Å²) in [6, 6.07) is 15.1. The molecule has 4 aromatic carbocycles. The zero-order valence-corrected chi connectivity index (χ0v) is 33.3. The van der Waals surface area contributed by atoms with E-state index in [1.807, 2.05) is 0 Å². The fraction of sp³-hybridized carbons (Fsp3) is 0. The van der Waals surface area contributed by atoms with Crippen molar-refractivity contribution in [2.45, 2.75) is 14.7 Å². The first-order valence-electron chi connectivity index (χ1n) is 12.2. The standard InChI is InChI=1S/C26H18N6O9S3.3Na/c33-42(34,35)23-3-1-2-21-20(23)10-11-22-26(21)29-32(28-22)19-9-7-17(25(15-19)44(39,40)41)5-4-16-6-8-18(31-13-12-27-30-31)14-24(16)43(36,37)38;;;/h1-15H,(H,33,34,35)(H,36,37,38)(H,39,40,41);;;. The molecule has 0 fully saturated rings.